The van der Waals surface area contributed by atoms with Crippen LogP contribution in [0.15, 0.2) is 131 Å². The summed E-state index contributed by atoms with van der Waals surface area (Å²) in [5, 5.41) is 12.4. The second kappa shape index (κ2) is 45.7. The zero-order chi connectivity index (χ0) is 81.9. The summed E-state index contributed by atoms with van der Waals surface area (Å²) >= 11 is 5.32. The van der Waals surface area contributed by atoms with Gasteiger partial charge in [-0.05, 0) is 285 Å². The topological polar surface area (TPSA) is 281 Å². The molecule has 0 radical (unpaired) electrons. The molecule has 4 aliphatic carbocycles. The molecule has 628 valence electrons. The fourth-order valence-corrected chi connectivity index (χ4v) is 17.1. The number of rotatable bonds is 22. The molecule has 1 amide bonds. The molecule has 10 aromatic rings. The number of pyridine rings is 6. The van der Waals surface area contributed by atoms with Gasteiger partial charge in [-0.15, -0.1) is 0 Å². The largest absolute Gasteiger partial charge is 1.00 e. The van der Waals surface area contributed by atoms with E-state index in [4.69, 9.17) is 40.2 Å². The van der Waals surface area contributed by atoms with Crippen molar-refractivity contribution in [1.29, 1.82) is 0 Å². The van der Waals surface area contributed by atoms with Gasteiger partial charge in [-0.3, -0.25) is 14.4 Å². The van der Waals surface area contributed by atoms with Crippen LogP contribution in [0.4, 0.5) is 0 Å². The summed E-state index contributed by atoms with van der Waals surface area (Å²) in [5.41, 5.74) is 18.2. The number of aromatic amines is 2. The van der Waals surface area contributed by atoms with E-state index in [1.807, 2.05) is 180 Å². The number of amides is 1. The molecule has 0 saturated heterocycles. The summed E-state index contributed by atoms with van der Waals surface area (Å²) in [7, 11) is 0. The summed E-state index contributed by atoms with van der Waals surface area (Å²) in [4.78, 5) is 80.9. The third-order valence-corrected chi connectivity index (χ3v) is 22.7. The Labute approximate surface area is 716 Å². The predicted molar refractivity (Wildman–Crippen MR) is 458 cm³/mol. The van der Waals surface area contributed by atoms with E-state index in [1.165, 1.54) is 57.8 Å². The first-order valence-electron chi connectivity index (χ1n) is 41.1. The van der Waals surface area contributed by atoms with Gasteiger partial charge in [0.25, 0.3) is 17.0 Å². The number of allylic oxidation sites excluding steroid dienone is 1. The van der Waals surface area contributed by atoms with Crippen LogP contribution in [0.5, 0.6) is 0 Å². The molecule has 10 aromatic heterocycles. The third kappa shape index (κ3) is 24.4. The quantitative estimate of drug-likeness (QED) is 0.0182. The Morgan fingerprint density at radius 3 is 1.15 bits per heavy atom. The molecule has 5 unspecified atom stereocenters. The Kier molecular flexibility index (Phi) is 37.4. The maximum atomic E-state index is 13.2. The van der Waals surface area contributed by atoms with Gasteiger partial charge < -0.3 is 71.9 Å². The number of fused-ring (bicyclic) bond motifs is 4. The molecule has 14 rings (SSSR count). The minimum absolute atomic E-state index is 0. The number of nitrogens with zero attached hydrogens (tertiary/aromatic N) is 4. The smallest absolute Gasteiger partial charge is 0.870 e. The van der Waals surface area contributed by atoms with Crippen LogP contribution in [-0.2, 0) is 41.5 Å². The third-order valence-electron chi connectivity index (χ3n) is 22.6. The van der Waals surface area contributed by atoms with Crippen molar-refractivity contribution < 1.29 is 87.7 Å². The number of ether oxygens (including phenoxy) is 6. The Hall–Kier alpha value is -8.39. The van der Waals surface area contributed by atoms with Crippen LogP contribution in [0.25, 0.3) is 22.1 Å². The second-order valence-corrected chi connectivity index (χ2v) is 31.2. The molecule has 0 bridgehead atoms. The van der Waals surface area contributed by atoms with Gasteiger partial charge >= 0.3 is 47.5 Å². The van der Waals surface area contributed by atoms with Crippen LogP contribution in [-0.4, -0.2) is 99.6 Å². The van der Waals surface area contributed by atoms with Gasteiger partial charge in [0, 0.05) is 88.0 Å². The summed E-state index contributed by atoms with van der Waals surface area (Å²) in [5.74, 6) is -1.60. The number of H-pyrrole nitrogens is 2. The summed E-state index contributed by atoms with van der Waals surface area (Å²) in [6.07, 6.45) is 34.3. The van der Waals surface area contributed by atoms with E-state index < -0.39 is 5.97 Å². The van der Waals surface area contributed by atoms with E-state index in [9.17, 15) is 33.9 Å². The zero-order valence-corrected chi connectivity index (χ0v) is 73.4. The van der Waals surface area contributed by atoms with Crippen LogP contribution in [0.2, 0.25) is 0 Å². The predicted octanol–water partition coefficient (Wildman–Crippen LogP) is 17.4. The van der Waals surface area contributed by atoms with Crippen molar-refractivity contribution >= 4 is 57.7 Å². The number of hydrogen-bond acceptors (Lipinski definition) is 14. The summed E-state index contributed by atoms with van der Waals surface area (Å²) in [6, 6.07) is 27.1. The Balaban J connectivity index is 0.000000206. The number of carbonyl (C=O) groups is 4. The van der Waals surface area contributed by atoms with Gasteiger partial charge in [0.2, 0.25) is 0 Å². The summed E-state index contributed by atoms with van der Waals surface area (Å²) in [6.45, 7) is 28.5. The number of carboxylic acid groups (broad SMARTS) is 1. The number of nitrogens with one attached hydrogen (secondary N) is 4. The van der Waals surface area contributed by atoms with Crippen molar-refractivity contribution in [2.75, 3.05) is 13.2 Å². The fraction of sp³-hybridized carbons (Fsp3) is 0.484. The molecular weight excluding hydrogens is 1510 g/mol. The minimum Gasteiger partial charge on any atom is -0.870 e. The van der Waals surface area contributed by atoms with E-state index in [1.54, 1.807) is 6.07 Å². The van der Waals surface area contributed by atoms with Gasteiger partial charge in [0.1, 0.15) is 0 Å². The van der Waals surface area contributed by atoms with Crippen molar-refractivity contribution in [2.24, 2.45) is 0 Å². The zero-order valence-electron chi connectivity index (χ0n) is 70.7. The van der Waals surface area contributed by atoms with Crippen LogP contribution in [0.3, 0.4) is 0 Å². The van der Waals surface area contributed by atoms with E-state index in [0.717, 1.165) is 147 Å². The van der Waals surface area contributed by atoms with Crippen LogP contribution in [0, 0.1) is 55.4 Å². The van der Waals surface area contributed by atoms with Gasteiger partial charge in [0.05, 0.1) is 102 Å². The van der Waals surface area contributed by atoms with Crippen molar-refractivity contribution in [2.45, 2.75) is 282 Å². The van der Waals surface area contributed by atoms with E-state index in [2.05, 4.69) is 70.6 Å². The average molecular weight is 1640 g/mol. The standard InChI is InChI=1S/C26H33N3O3.C20H27NO3.C20H25NO3.C18H23NO3.C8H11ClN2O.CH4.Na.H2O/c1-16-13-17(2)28-26(31)23(16)15-27-25(30)22-14-20-9-8-12-29(20)24(18(22)3)19(4)32-21-10-6-5-7-11-21;2*1-4-23-20(22)18-13-16-9-8-12-21(16)19(14(18)2)15(3)24-17-10-6-5-7-11-17;1-12-16(18(20)21)11-14-7-6-10-19(14)17(12)13(2)22-15-8-4-3-5-9-15;1-5-3-6(2)11-8(12)7(5)4-10-9;;;/h8-9,12-14,19,21H,5-7,10-11,15H2,1-4H3,(H,27,30)(H,28,31);8-9,12-13,15,17H,4-7,10-11H2,1-3H3;6,8-10,12-13,15,17H,4-5,7,11H2,1-3H3;6-7,10-11,13,15H,3-5,8-9H2,1-2H3,(H,20,21);3,10H,4H2,1-2H3,(H,11,12);1H4;;1H2/q;;;;;;+1;/p-1. The first-order valence-corrected chi connectivity index (χ1v) is 41.5. The van der Waals surface area contributed by atoms with Gasteiger partial charge in [-0.1, -0.05) is 77.4 Å². The molecule has 0 spiro atoms. The number of aromatic carboxylic acids is 1. The first kappa shape index (κ1) is 95.7. The average Bonchev–Trinajstić information content (AvgIpc) is 1.68. The molecule has 0 aliphatic heterocycles. The minimum atomic E-state index is -0.882. The Morgan fingerprint density at radius 1 is 0.479 bits per heavy atom. The number of carbonyl (C=O) groups excluding carboxylic acids is 3. The number of carboxylic acids is 1. The van der Waals surface area contributed by atoms with Gasteiger partial charge in [0.15, 0.2) is 0 Å². The van der Waals surface area contributed by atoms with Crippen LogP contribution < -0.4 is 50.8 Å². The maximum Gasteiger partial charge on any atom is 1.00 e. The molecular formula is C93H124ClN8NaO14. The molecule has 10 heterocycles. The van der Waals surface area contributed by atoms with Crippen molar-refractivity contribution in [3.05, 3.63) is 244 Å². The fourth-order valence-electron chi connectivity index (χ4n) is 16.9. The molecule has 117 heavy (non-hydrogen) atoms. The van der Waals surface area contributed by atoms with Crippen molar-refractivity contribution in [3.63, 3.8) is 0 Å². The molecule has 5 atom stereocenters. The SMILES string of the molecule is C.CCOC(=O)c1cc2cccn2c(C(C)OC2C=CCCC2)c1C.CCOC(=O)c1cc2cccn2c(C(C)OC2CCCCC2)c1C.Cc1c(C(=O)O)cc2cccn2c1C(C)OC1CCCCC1.Cc1cc(C)c(CNC(=O)c2cc3cccn3c(C(C)OC3CCCCC3)c2C)c(=O)[nH]1.Cc1cc(C)c(CNCl)c(=O)[nH]1.[Na+].[OH-]. The number of hydrogen-bond donors (Lipinski definition) is 5. The van der Waals surface area contributed by atoms with Gasteiger partial charge in [-0.25, -0.2) is 19.2 Å². The Bertz CT molecular complexity index is 5110. The molecule has 22 nitrogen and oxygen atoms in total. The molecule has 3 fully saturated rings. The van der Waals surface area contributed by atoms with Crippen molar-refractivity contribution in [3.8, 4) is 0 Å². The maximum absolute atomic E-state index is 13.2. The monoisotopic (exact) mass is 1630 g/mol. The van der Waals surface area contributed by atoms with Crippen molar-refractivity contribution in [1.82, 2.24) is 37.7 Å². The molecule has 24 heteroatoms. The normalized spacial score (nSPS) is 16.0. The molecule has 6 N–H and O–H groups in total. The van der Waals surface area contributed by atoms with Crippen LogP contribution in [0.1, 0.15) is 309 Å². The number of esters is 2. The number of aromatic nitrogens is 6. The van der Waals surface area contributed by atoms with Gasteiger partial charge in [-0.2, -0.15) is 0 Å². The molecule has 0 aromatic carbocycles. The summed E-state index contributed by atoms with van der Waals surface area (Å²) < 4.78 is 44.2. The molecule has 3 saturated carbocycles. The number of halogens is 1. The van der Waals surface area contributed by atoms with E-state index in [0.29, 0.717) is 65.3 Å². The molecule has 4 aliphatic rings. The second-order valence-electron chi connectivity index (χ2n) is 30.9. The Morgan fingerprint density at radius 2 is 0.812 bits per heavy atom. The van der Waals surface area contributed by atoms with Crippen LogP contribution >= 0.6 is 11.8 Å². The van der Waals surface area contributed by atoms with E-state index in [-0.39, 0.29) is 115 Å². The first-order chi connectivity index (χ1) is 54.8. The number of aryl methyl sites for hydroxylation is 4. The van der Waals surface area contributed by atoms with E-state index >= 15 is 0 Å².